The molecule has 1 unspecified atom stereocenters. The number of unbranched alkanes of at least 4 members (excludes halogenated alkanes) is 3. The van der Waals surface area contributed by atoms with Gasteiger partial charge in [-0.3, -0.25) is 18.4 Å². The van der Waals surface area contributed by atoms with Crippen LogP contribution in [0.25, 0.3) is 0 Å². The molecular weight excluding hydrogens is 547 g/mol. The molecule has 0 aliphatic rings. The van der Waals surface area contributed by atoms with E-state index in [1.54, 1.807) is 20.8 Å². The van der Waals surface area contributed by atoms with Crippen molar-refractivity contribution < 1.29 is 51.4 Å². The number of carbonyl (C=O) groups excluding carboxylic acids is 2. The molecule has 1 N–H and O–H groups in total. The lowest BCUT2D eigenvalue weighted by molar-refractivity contribution is -0.143. The summed E-state index contributed by atoms with van der Waals surface area (Å²) < 4.78 is 55.0. The minimum Gasteiger partial charge on any atom is -0.466 e. The van der Waals surface area contributed by atoms with Gasteiger partial charge in [-0.2, -0.15) is 5.26 Å². The van der Waals surface area contributed by atoms with Crippen LogP contribution in [0.1, 0.15) is 72.6 Å². The minimum absolute atomic E-state index is 0.0266. The van der Waals surface area contributed by atoms with Gasteiger partial charge < -0.3 is 29.0 Å². The van der Waals surface area contributed by atoms with Crippen molar-refractivity contribution in [1.82, 2.24) is 5.32 Å². The Balaban J connectivity index is 3.85. The number of nitrogens with zero attached hydrogens (tertiary/aromatic N) is 1. The minimum atomic E-state index is -3.84. The van der Waals surface area contributed by atoms with E-state index in [1.165, 1.54) is 0 Å². The Bertz CT molecular complexity index is 741. The monoisotopic (exact) mass is 596 g/mol. The van der Waals surface area contributed by atoms with E-state index in [9.17, 15) is 14.2 Å². The number of nitriles is 1. The highest BCUT2D eigenvalue weighted by Gasteiger charge is 2.26. The summed E-state index contributed by atoms with van der Waals surface area (Å²) in [6.45, 7) is 10.0. The van der Waals surface area contributed by atoms with E-state index in [0.717, 1.165) is 12.8 Å². The van der Waals surface area contributed by atoms with Gasteiger partial charge in [-0.25, -0.2) is 9.36 Å². The first-order valence-corrected chi connectivity index (χ1v) is 15.3. The Morgan fingerprint density at radius 2 is 1.38 bits per heavy atom. The van der Waals surface area contributed by atoms with Gasteiger partial charge in [-0.15, -0.1) is 0 Å². The molecule has 0 radical (unpaired) electrons. The number of nitrogens with one attached hydrogen (secondary N) is 1. The maximum Gasteiger partial charge on any atom is 0.474 e. The quantitative estimate of drug-likeness (QED) is 0.0845. The Morgan fingerprint density at radius 1 is 0.775 bits per heavy atom. The van der Waals surface area contributed by atoms with Gasteiger partial charge in [0, 0.05) is 13.0 Å². The van der Waals surface area contributed by atoms with Crippen LogP contribution in [-0.4, -0.2) is 90.3 Å². The van der Waals surface area contributed by atoms with Crippen molar-refractivity contribution in [2.45, 2.75) is 78.2 Å². The fourth-order valence-corrected chi connectivity index (χ4v) is 3.92. The Hall–Kier alpha value is -1.78. The molecular formula is C26H49N2O11P. The predicted octanol–water partition coefficient (Wildman–Crippen LogP) is 4.54. The van der Waals surface area contributed by atoms with E-state index in [2.05, 4.69) is 5.32 Å². The molecule has 1 atom stereocenters. The summed E-state index contributed by atoms with van der Waals surface area (Å²) in [5, 5.41) is 11.3. The SMILES string of the molecule is CCCCOC(=O)CCCCCOP(=O)(OCCC#N)OCCOCCOCCOCCNC(=O)OC(C)(C)C. The van der Waals surface area contributed by atoms with E-state index >= 15 is 0 Å². The first-order valence-electron chi connectivity index (χ1n) is 13.9. The van der Waals surface area contributed by atoms with Crippen LogP contribution >= 0.6 is 7.82 Å². The second kappa shape index (κ2) is 25.0. The third-order valence-corrected chi connectivity index (χ3v) is 6.13. The van der Waals surface area contributed by atoms with Gasteiger partial charge in [-0.1, -0.05) is 19.8 Å². The lowest BCUT2D eigenvalue weighted by atomic mass is 10.2. The zero-order valence-corrected chi connectivity index (χ0v) is 25.5. The van der Waals surface area contributed by atoms with Gasteiger partial charge in [-0.05, 0) is 40.0 Å². The summed E-state index contributed by atoms with van der Waals surface area (Å²) in [4.78, 5) is 23.1. The number of phosphoric acid groups is 1. The van der Waals surface area contributed by atoms with Crippen molar-refractivity contribution >= 4 is 19.9 Å². The van der Waals surface area contributed by atoms with Crippen LogP contribution in [0, 0.1) is 11.3 Å². The van der Waals surface area contributed by atoms with Crippen LogP contribution in [-0.2, 0) is 46.6 Å². The van der Waals surface area contributed by atoms with E-state index in [-0.39, 0.29) is 38.8 Å². The highest BCUT2D eigenvalue weighted by atomic mass is 31.2. The molecule has 0 aliphatic heterocycles. The van der Waals surface area contributed by atoms with Crippen LogP contribution in [0.2, 0.25) is 0 Å². The van der Waals surface area contributed by atoms with E-state index in [0.29, 0.717) is 71.9 Å². The zero-order valence-electron chi connectivity index (χ0n) is 24.6. The summed E-state index contributed by atoms with van der Waals surface area (Å²) >= 11 is 0. The number of hydrogen-bond acceptors (Lipinski definition) is 12. The summed E-state index contributed by atoms with van der Waals surface area (Å²) in [7, 11) is -3.84. The number of amides is 1. The molecule has 0 aliphatic carbocycles. The summed E-state index contributed by atoms with van der Waals surface area (Å²) in [6.07, 6.45) is 3.62. The van der Waals surface area contributed by atoms with Crippen molar-refractivity contribution in [2.75, 3.05) is 72.6 Å². The average Bonchev–Trinajstić information content (AvgIpc) is 2.88. The molecule has 0 bridgehead atoms. The first-order chi connectivity index (χ1) is 19.1. The van der Waals surface area contributed by atoms with Gasteiger partial charge in [0.1, 0.15) is 5.60 Å². The predicted molar refractivity (Wildman–Crippen MR) is 147 cm³/mol. The van der Waals surface area contributed by atoms with Crippen molar-refractivity contribution in [3.05, 3.63) is 0 Å². The maximum atomic E-state index is 12.8. The van der Waals surface area contributed by atoms with Crippen molar-refractivity contribution in [3.8, 4) is 6.07 Å². The second-order valence-corrected chi connectivity index (χ2v) is 11.2. The number of esters is 1. The lowest BCUT2D eigenvalue weighted by Gasteiger charge is -2.19. The molecule has 0 aromatic heterocycles. The van der Waals surface area contributed by atoms with Gasteiger partial charge in [0.2, 0.25) is 0 Å². The van der Waals surface area contributed by atoms with Gasteiger partial charge in [0.05, 0.1) is 78.6 Å². The molecule has 0 spiro atoms. The first kappa shape index (κ1) is 38.2. The number of alkyl carbamates (subject to hydrolysis) is 1. The van der Waals surface area contributed by atoms with Crippen LogP contribution in [0.4, 0.5) is 4.79 Å². The highest BCUT2D eigenvalue weighted by molar-refractivity contribution is 7.48. The molecule has 14 heteroatoms. The fourth-order valence-electron chi connectivity index (χ4n) is 2.73. The van der Waals surface area contributed by atoms with Crippen molar-refractivity contribution in [2.24, 2.45) is 0 Å². The third-order valence-electron chi connectivity index (χ3n) is 4.63. The van der Waals surface area contributed by atoms with Crippen LogP contribution in [0.15, 0.2) is 0 Å². The largest absolute Gasteiger partial charge is 0.474 e. The number of phosphoric ester groups is 1. The molecule has 1 amide bonds. The molecule has 13 nitrogen and oxygen atoms in total. The zero-order chi connectivity index (χ0) is 30.0. The number of ether oxygens (including phenoxy) is 5. The lowest BCUT2D eigenvalue weighted by Crippen LogP contribution is -2.34. The molecule has 0 heterocycles. The Morgan fingerprint density at radius 3 is 2.00 bits per heavy atom. The standard InChI is InChI=1S/C26H49N2O11P/c1-5-6-14-35-24(29)11-8-7-9-15-36-40(31,37-16-10-12-27)38-23-22-34-21-20-33-19-18-32-17-13-28-25(30)39-26(2,3)4/h5-11,13-23H2,1-4H3,(H,28,30). The molecule has 0 aromatic rings. The number of hydrogen-bond donors (Lipinski definition) is 1. The fraction of sp³-hybridized carbons (Fsp3) is 0.885. The highest BCUT2D eigenvalue weighted by Crippen LogP contribution is 2.49. The van der Waals surface area contributed by atoms with E-state index in [1.807, 2.05) is 13.0 Å². The molecule has 0 aromatic carbocycles. The second-order valence-electron chi connectivity index (χ2n) is 9.51. The van der Waals surface area contributed by atoms with Crippen LogP contribution < -0.4 is 5.32 Å². The summed E-state index contributed by atoms with van der Waals surface area (Å²) in [5.41, 5.74) is -0.542. The van der Waals surface area contributed by atoms with Crippen LogP contribution in [0.5, 0.6) is 0 Å². The Labute approximate surface area is 239 Å². The smallest absolute Gasteiger partial charge is 0.466 e. The van der Waals surface area contributed by atoms with Crippen molar-refractivity contribution in [1.29, 1.82) is 5.26 Å². The molecule has 0 rings (SSSR count). The molecule has 0 saturated carbocycles. The third kappa shape index (κ3) is 26.4. The van der Waals surface area contributed by atoms with Gasteiger partial charge in [0.25, 0.3) is 0 Å². The van der Waals surface area contributed by atoms with E-state index < -0.39 is 19.5 Å². The molecule has 234 valence electrons. The normalized spacial score (nSPS) is 12.9. The van der Waals surface area contributed by atoms with E-state index in [4.69, 9.17) is 42.5 Å². The summed E-state index contributed by atoms with van der Waals surface area (Å²) in [5.74, 6) is -0.216. The van der Waals surface area contributed by atoms with Crippen molar-refractivity contribution in [3.63, 3.8) is 0 Å². The molecule has 0 fully saturated rings. The summed E-state index contributed by atoms with van der Waals surface area (Å²) in [6, 6.07) is 1.91. The van der Waals surface area contributed by atoms with Crippen LogP contribution in [0.3, 0.4) is 0 Å². The topological polar surface area (TPSA) is 161 Å². The Kier molecular flexibility index (Phi) is 23.9. The molecule has 40 heavy (non-hydrogen) atoms. The van der Waals surface area contributed by atoms with Gasteiger partial charge in [0.15, 0.2) is 0 Å². The van der Waals surface area contributed by atoms with Gasteiger partial charge >= 0.3 is 19.9 Å². The average molecular weight is 597 g/mol. The maximum absolute atomic E-state index is 12.8. The number of carbonyl (C=O) groups is 2. The number of rotatable bonds is 26. The molecule has 0 saturated heterocycles.